The molecule has 10 heteroatoms. The molecule has 0 saturated carbocycles. The molecule has 0 radical (unpaired) electrons. The molecule has 0 aliphatic carbocycles. The molecule has 3 aromatic rings. The number of methoxy groups -OCH3 is 1. The van der Waals surface area contributed by atoms with Gasteiger partial charge in [0, 0.05) is 23.5 Å². The van der Waals surface area contributed by atoms with Crippen LogP contribution in [0, 0.1) is 25.7 Å². The molecule has 0 aliphatic heterocycles. The van der Waals surface area contributed by atoms with E-state index in [1.54, 1.807) is 33.4 Å². The number of ether oxygens (including phenoxy) is 2. The number of fused-ring (bicyclic) bond motifs is 1. The van der Waals surface area contributed by atoms with Crippen molar-refractivity contribution in [3.05, 3.63) is 39.9 Å². The van der Waals surface area contributed by atoms with Gasteiger partial charge in [0.15, 0.2) is 6.61 Å². The minimum Gasteiger partial charge on any atom is -0.496 e. The lowest BCUT2D eigenvalue weighted by molar-refractivity contribution is -0.147. The molecule has 0 unspecified atom stereocenters. The van der Waals surface area contributed by atoms with Crippen LogP contribution < -0.4 is 16.2 Å². The number of esters is 1. The SMILES string of the molecule is COc1c(C)cnc(Cn2cc(C#CCOC(=O)C(C)(C)N)c3c(Cl)nc(N)nc32)c1C. The summed E-state index contributed by atoms with van der Waals surface area (Å²) in [5, 5.41) is 0.734. The maximum absolute atomic E-state index is 11.8. The van der Waals surface area contributed by atoms with Crippen molar-refractivity contribution in [2.75, 3.05) is 19.5 Å². The van der Waals surface area contributed by atoms with Crippen LogP contribution in [0.4, 0.5) is 5.95 Å². The Kier molecular flexibility index (Phi) is 6.57. The van der Waals surface area contributed by atoms with Crippen LogP contribution in [0.2, 0.25) is 5.15 Å². The molecule has 9 nitrogen and oxygen atoms in total. The highest BCUT2D eigenvalue weighted by atomic mass is 35.5. The third kappa shape index (κ3) is 4.77. The normalized spacial score (nSPS) is 11.2. The van der Waals surface area contributed by atoms with E-state index in [9.17, 15) is 4.79 Å². The third-order valence-corrected chi connectivity index (χ3v) is 5.06. The number of aromatic nitrogens is 4. The lowest BCUT2D eigenvalue weighted by Crippen LogP contribution is -2.42. The maximum atomic E-state index is 11.8. The number of anilines is 1. The molecule has 3 aromatic heterocycles. The minimum atomic E-state index is -1.09. The molecule has 0 aliphatic rings. The predicted molar refractivity (Wildman–Crippen MR) is 122 cm³/mol. The van der Waals surface area contributed by atoms with Gasteiger partial charge in [-0.05, 0) is 27.7 Å². The molecule has 0 aromatic carbocycles. The number of hydrogen-bond acceptors (Lipinski definition) is 8. The van der Waals surface area contributed by atoms with E-state index < -0.39 is 11.5 Å². The van der Waals surface area contributed by atoms with Gasteiger partial charge in [-0.15, -0.1) is 0 Å². The Labute approximate surface area is 191 Å². The van der Waals surface area contributed by atoms with Crippen molar-refractivity contribution in [3.63, 3.8) is 0 Å². The Morgan fingerprint density at radius 3 is 2.69 bits per heavy atom. The van der Waals surface area contributed by atoms with E-state index in [1.165, 1.54) is 0 Å². The molecule has 0 amide bonds. The molecule has 0 bridgehead atoms. The fourth-order valence-corrected chi connectivity index (χ4v) is 3.46. The van der Waals surface area contributed by atoms with Crippen LogP contribution in [0.1, 0.15) is 36.2 Å². The second-order valence-electron chi connectivity index (χ2n) is 7.89. The van der Waals surface area contributed by atoms with Crippen LogP contribution in [0.15, 0.2) is 12.4 Å². The van der Waals surface area contributed by atoms with Crippen LogP contribution in [-0.4, -0.2) is 44.7 Å². The summed E-state index contributed by atoms with van der Waals surface area (Å²) in [4.78, 5) is 24.7. The second kappa shape index (κ2) is 9.02. The first kappa shape index (κ1) is 23.3. The van der Waals surface area contributed by atoms with Crippen LogP contribution in [0.5, 0.6) is 5.75 Å². The summed E-state index contributed by atoms with van der Waals surface area (Å²) >= 11 is 6.36. The molecule has 168 valence electrons. The van der Waals surface area contributed by atoms with E-state index in [2.05, 4.69) is 26.8 Å². The van der Waals surface area contributed by atoms with E-state index in [0.29, 0.717) is 23.1 Å². The van der Waals surface area contributed by atoms with Gasteiger partial charge in [0.2, 0.25) is 5.95 Å². The first-order valence-corrected chi connectivity index (χ1v) is 10.2. The Morgan fingerprint density at radius 2 is 2.03 bits per heavy atom. The monoisotopic (exact) mass is 456 g/mol. The number of nitrogen functional groups attached to an aromatic ring is 1. The zero-order valence-corrected chi connectivity index (χ0v) is 19.4. The van der Waals surface area contributed by atoms with Crippen molar-refractivity contribution < 1.29 is 14.3 Å². The van der Waals surface area contributed by atoms with Gasteiger partial charge in [0.1, 0.15) is 22.1 Å². The molecule has 32 heavy (non-hydrogen) atoms. The lowest BCUT2D eigenvalue weighted by atomic mass is 10.1. The summed E-state index contributed by atoms with van der Waals surface area (Å²) in [7, 11) is 1.63. The highest BCUT2D eigenvalue weighted by Gasteiger charge is 2.23. The zero-order valence-electron chi connectivity index (χ0n) is 18.6. The van der Waals surface area contributed by atoms with Crippen molar-refractivity contribution in [2.24, 2.45) is 5.73 Å². The number of carbonyl (C=O) groups excluding carboxylic acids is 1. The van der Waals surface area contributed by atoms with E-state index in [4.69, 9.17) is 32.5 Å². The van der Waals surface area contributed by atoms with Crippen molar-refractivity contribution in [3.8, 4) is 17.6 Å². The average Bonchev–Trinajstić information content (AvgIpc) is 3.04. The van der Waals surface area contributed by atoms with Crippen LogP contribution in [0.3, 0.4) is 0 Å². The smallest absolute Gasteiger partial charge is 0.326 e. The van der Waals surface area contributed by atoms with E-state index in [1.807, 2.05) is 18.4 Å². The Balaban J connectivity index is 1.99. The second-order valence-corrected chi connectivity index (χ2v) is 8.25. The summed E-state index contributed by atoms with van der Waals surface area (Å²) in [6.45, 7) is 7.29. The van der Waals surface area contributed by atoms with Crippen LogP contribution in [0.25, 0.3) is 11.0 Å². The highest BCUT2D eigenvalue weighted by Crippen LogP contribution is 2.29. The number of halogens is 1. The largest absolute Gasteiger partial charge is 0.496 e. The average molecular weight is 457 g/mol. The molecule has 0 fully saturated rings. The third-order valence-electron chi connectivity index (χ3n) is 4.78. The minimum absolute atomic E-state index is 0.0478. The number of pyridine rings is 1. The summed E-state index contributed by atoms with van der Waals surface area (Å²) < 4.78 is 12.4. The number of rotatable bonds is 5. The summed E-state index contributed by atoms with van der Waals surface area (Å²) in [6, 6.07) is 0. The summed E-state index contributed by atoms with van der Waals surface area (Å²) in [6.07, 6.45) is 3.55. The first-order valence-electron chi connectivity index (χ1n) is 9.78. The molecule has 0 atom stereocenters. The maximum Gasteiger partial charge on any atom is 0.326 e. The fourth-order valence-electron chi connectivity index (χ4n) is 3.19. The van der Waals surface area contributed by atoms with Gasteiger partial charge >= 0.3 is 5.97 Å². The van der Waals surface area contributed by atoms with Gasteiger partial charge in [-0.25, -0.2) is 4.98 Å². The summed E-state index contributed by atoms with van der Waals surface area (Å²) in [5.74, 6) is 6.06. The summed E-state index contributed by atoms with van der Waals surface area (Å²) in [5.41, 5.74) is 14.2. The van der Waals surface area contributed by atoms with Crippen LogP contribution >= 0.6 is 11.6 Å². The van der Waals surface area contributed by atoms with Gasteiger partial charge < -0.3 is 25.5 Å². The van der Waals surface area contributed by atoms with E-state index in [-0.39, 0.29) is 17.7 Å². The topological polar surface area (TPSA) is 131 Å². The number of nitrogens with two attached hydrogens (primary N) is 2. The van der Waals surface area contributed by atoms with Gasteiger partial charge in [-0.3, -0.25) is 9.78 Å². The van der Waals surface area contributed by atoms with Gasteiger partial charge in [-0.2, -0.15) is 4.98 Å². The van der Waals surface area contributed by atoms with Crippen molar-refractivity contribution in [1.82, 2.24) is 19.5 Å². The van der Waals surface area contributed by atoms with Crippen molar-refractivity contribution in [2.45, 2.75) is 39.8 Å². The fraction of sp³-hybridized carbons (Fsp3) is 0.364. The molecule has 3 rings (SSSR count). The van der Waals surface area contributed by atoms with Crippen molar-refractivity contribution >= 4 is 34.6 Å². The molecular formula is C22H25ClN6O3. The number of nitrogens with zero attached hydrogens (tertiary/aromatic N) is 4. The standard InChI is InChI=1S/C22H25ClN6O3/c1-12-9-26-15(13(2)17(12)31-5)11-29-10-14(7-6-8-32-20(30)22(3,4)25)16-18(23)27-21(24)28-19(16)29/h9-10H,8,11,25H2,1-5H3,(H2,24,27,28). The zero-order chi connectivity index (χ0) is 23.6. The van der Waals surface area contributed by atoms with Gasteiger partial charge in [-0.1, -0.05) is 23.4 Å². The van der Waals surface area contributed by atoms with Crippen LogP contribution in [-0.2, 0) is 16.1 Å². The number of hydrogen-bond donors (Lipinski definition) is 2. The Hall–Kier alpha value is -3.35. The highest BCUT2D eigenvalue weighted by molar-refractivity contribution is 6.34. The molecule has 3 heterocycles. The predicted octanol–water partition coefficient (Wildman–Crippen LogP) is 2.37. The molecule has 0 spiro atoms. The quantitative estimate of drug-likeness (QED) is 0.340. The molecule has 4 N–H and O–H groups in total. The number of carbonyl (C=O) groups is 1. The van der Waals surface area contributed by atoms with Crippen molar-refractivity contribution in [1.29, 1.82) is 0 Å². The van der Waals surface area contributed by atoms with Gasteiger partial charge in [0.25, 0.3) is 0 Å². The van der Waals surface area contributed by atoms with Gasteiger partial charge in [0.05, 0.1) is 30.3 Å². The number of aryl methyl sites for hydroxylation is 1. The van der Waals surface area contributed by atoms with E-state index >= 15 is 0 Å². The molecule has 0 saturated heterocycles. The van der Waals surface area contributed by atoms with E-state index in [0.717, 1.165) is 22.6 Å². The Bertz CT molecular complexity index is 1250. The lowest BCUT2D eigenvalue weighted by Gasteiger charge is -2.14. The molecular weight excluding hydrogens is 432 g/mol. The Morgan fingerprint density at radius 1 is 1.31 bits per heavy atom. The first-order chi connectivity index (χ1) is 15.0.